The molecular weight excluding hydrogens is 343 g/mol. The van der Waals surface area contributed by atoms with Crippen molar-refractivity contribution < 1.29 is 32.4 Å². The van der Waals surface area contributed by atoms with Crippen molar-refractivity contribution in [3.05, 3.63) is 27.8 Å². The van der Waals surface area contributed by atoms with Gasteiger partial charge in [-0.15, -0.1) is 0 Å². The standard InChI is InChI=1S/C16H18F3NO5/c1-2-11-13(25-15(21)10-5-3-4-6-10)8-7-12(20(22)23)14(11)24-9-16(17,18)19/h7-8,10H,2-6,9H2,1H3. The topological polar surface area (TPSA) is 78.7 Å². The fraction of sp³-hybridized carbons (Fsp3) is 0.562. The molecule has 0 radical (unpaired) electrons. The SMILES string of the molecule is CCc1c(OC(=O)C2CCCC2)ccc([N+](=O)[O-])c1OCC(F)(F)F. The number of esters is 1. The Hall–Kier alpha value is -2.32. The maximum absolute atomic E-state index is 12.4. The van der Waals surface area contributed by atoms with Gasteiger partial charge in [-0.05, 0) is 25.3 Å². The van der Waals surface area contributed by atoms with Crippen LogP contribution in [-0.2, 0) is 11.2 Å². The molecule has 0 spiro atoms. The second-order valence-electron chi connectivity index (χ2n) is 5.81. The molecule has 2 rings (SSSR count). The molecule has 1 aromatic carbocycles. The van der Waals surface area contributed by atoms with Crippen LogP contribution in [0.2, 0.25) is 0 Å². The molecule has 25 heavy (non-hydrogen) atoms. The van der Waals surface area contributed by atoms with E-state index in [-0.39, 0.29) is 23.7 Å². The van der Waals surface area contributed by atoms with E-state index in [2.05, 4.69) is 4.74 Å². The Balaban J connectivity index is 2.33. The van der Waals surface area contributed by atoms with E-state index in [1.807, 2.05) is 0 Å². The van der Waals surface area contributed by atoms with Crippen molar-refractivity contribution >= 4 is 11.7 Å². The van der Waals surface area contributed by atoms with Gasteiger partial charge < -0.3 is 9.47 Å². The number of nitrogens with zero attached hydrogens (tertiary/aromatic N) is 1. The smallest absolute Gasteiger partial charge is 0.422 e. The predicted molar refractivity (Wildman–Crippen MR) is 81.6 cm³/mol. The summed E-state index contributed by atoms with van der Waals surface area (Å²) in [6.07, 6.45) is -1.30. The lowest BCUT2D eigenvalue weighted by Crippen LogP contribution is -2.21. The molecular formula is C16H18F3NO5. The van der Waals surface area contributed by atoms with Crippen LogP contribution in [0.3, 0.4) is 0 Å². The van der Waals surface area contributed by atoms with E-state index in [1.54, 1.807) is 6.92 Å². The van der Waals surface area contributed by atoms with Gasteiger partial charge in [0.15, 0.2) is 6.61 Å². The molecule has 1 aromatic rings. The van der Waals surface area contributed by atoms with Gasteiger partial charge in [0.05, 0.1) is 10.8 Å². The fourth-order valence-corrected chi connectivity index (χ4v) is 2.84. The Morgan fingerprint density at radius 1 is 1.32 bits per heavy atom. The molecule has 0 heterocycles. The van der Waals surface area contributed by atoms with Crippen molar-refractivity contribution in [2.45, 2.75) is 45.2 Å². The predicted octanol–water partition coefficient (Wildman–Crippen LogP) is 4.19. The van der Waals surface area contributed by atoms with E-state index in [4.69, 9.17) is 4.74 Å². The first kappa shape index (κ1) is 19.0. The fourth-order valence-electron chi connectivity index (χ4n) is 2.84. The lowest BCUT2D eigenvalue weighted by Gasteiger charge is -2.16. The van der Waals surface area contributed by atoms with Crippen molar-refractivity contribution in [2.24, 2.45) is 5.92 Å². The second-order valence-corrected chi connectivity index (χ2v) is 5.81. The monoisotopic (exact) mass is 361 g/mol. The Labute approximate surface area is 142 Å². The molecule has 0 amide bonds. The first-order valence-corrected chi connectivity index (χ1v) is 7.94. The summed E-state index contributed by atoms with van der Waals surface area (Å²) in [7, 11) is 0. The molecule has 0 aromatic heterocycles. The van der Waals surface area contributed by atoms with Gasteiger partial charge in [0.2, 0.25) is 5.75 Å². The number of nitro benzene ring substituents is 1. The van der Waals surface area contributed by atoms with Gasteiger partial charge in [0.1, 0.15) is 5.75 Å². The summed E-state index contributed by atoms with van der Waals surface area (Å²) in [5.41, 5.74) is -0.522. The second kappa shape index (κ2) is 7.71. The van der Waals surface area contributed by atoms with E-state index in [0.29, 0.717) is 12.8 Å². The minimum Gasteiger partial charge on any atom is -0.477 e. The highest BCUT2D eigenvalue weighted by Crippen LogP contribution is 2.39. The van der Waals surface area contributed by atoms with Gasteiger partial charge in [-0.2, -0.15) is 13.2 Å². The van der Waals surface area contributed by atoms with Gasteiger partial charge in [-0.1, -0.05) is 19.8 Å². The van der Waals surface area contributed by atoms with Crippen molar-refractivity contribution in [1.82, 2.24) is 0 Å². The quantitative estimate of drug-likeness (QED) is 0.328. The number of carbonyl (C=O) groups is 1. The number of hydrogen-bond acceptors (Lipinski definition) is 5. The summed E-state index contributed by atoms with van der Waals surface area (Å²) in [6.45, 7) is -0.0761. The summed E-state index contributed by atoms with van der Waals surface area (Å²) in [6, 6.07) is 2.21. The van der Waals surface area contributed by atoms with Crippen LogP contribution in [0.4, 0.5) is 18.9 Å². The van der Waals surface area contributed by atoms with Crippen molar-refractivity contribution in [3.8, 4) is 11.5 Å². The van der Waals surface area contributed by atoms with Gasteiger partial charge in [0.25, 0.3) is 0 Å². The number of nitro groups is 1. The van der Waals surface area contributed by atoms with Gasteiger partial charge in [-0.3, -0.25) is 14.9 Å². The maximum atomic E-state index is 12.4. The molecule has 1 fully saturated rings. The Morgan fingerprint density at radius 3 is 2.48 bits per heavy atom. The number of halogens is 3. The molecule has 1 aliphatic carbocycles. The highest BCUT2D eigenvalue weighted by atomic mass is 19.4. The summed E-state index contributed by atoms with van der Waals surface area (Å²) in [4.78, 5) is 22.4. The van der Waals surface area contributed by atoms with Crippen LogP contribution in [0, 0.1) is 16.0 Å². The van der Waals surface area contributed by atoms with E-state index in [1.165, 1.54) is 6.07 Å². The van der Waals surface area contributed by atoms with Crippen molar-refractivity contribution in [2.75, 3.05) is 6.61 Å². The zero-order chi connectivity index (χ0) is 18.6. The summed E-state index contributed by atoms with van der Waals surface area (Å²) in [5.74, 6) is -1.23. The molecule has 0 N–H and O–H groups in total. The highest BCUT2D eigenvalue weighted by Gasteiger charge is 2.32. The largest absolute Gasteiger partial charge is 0.477 e. The van der Waals surface area contributed by atoms with Crippen LogP contribution in [0.5, 0.6) is 11.5 Å². The molecule has 6 nitrogen and oxygen atoms in total. The minimum atomic E-state index is -4.64. The average molecular weight is 361 g/mol. The van der Waals surface area contributed by atoms with Crippen LogP contribution < -0.4 is 9.47 Å². The van der Waals surface area contributed by atoms with E-state index in [9.17, 15) is 28.1 Å². The minimum absolute atomic E-state index is 0.00201. The molecule has 9 heteroatoms. The Kier molecular flexibility index (Phi) is 5.86. The van der Waals surface area contributed by atoms with E-state index < -0.39 is 35.1 Å². The normalized spacial score (nSPS) is 15.2. The van der Waals surface area contributed by atoms with Crippen LogP contribution >= 0.6 is 0 Å². The molecule has 0 aliphatic heterocycles. The molecule has 0 bridgehead atoms. The van der Waals surface area contributed by atoms with E-state index in [0.717, 1.165) is 18.9 Å². The number of hydrogen-bond donors (Lipinski definition) is 0. The molecule has 138 valence electrons. The zero-order valence-electron chi connectivity index (χ0n) is 13.6. The maximum Gasteiger partial charge on any atom is 0.422 e. The number of benzene rings is 1. The summed E-state index contributed by atoms with van der Waals surface area (Å²) in [5, 5.41) is 11.1. The number of ether oxygens (including phenoxy) is 2. The Morgan fingerprint density at radius 2 is 1.96 bits per heavy atom. The molecule has 1 aliphatic rings. The average Bonchev–Trinajstić information content (AvgIpc) is 3.06. The number of carbonyl (C=O) groups excluding carboxylic acids is 1. The first-order valence-electron chi connectivity index (χ1n) is 7.94. The van der Waals surface area contributed by atoms with E-state index >= 15 is 0 Å². The Bertz CT molecular complexity index is 654. The molecule has 1 saturated carbocycles. The third-order valence-electron chi connectivity index (χ3n) is 4.03. The molecule has 0 atom stereocenters. The van der Waals surface area contributed by atoms with Gasteiger partial charge in [-0.25, -0.2) is 0 Å². The first-order chi connectivity index (χ1) is 11.7. The summed E-state index contributed by atoms with van der Waals surface area (Å²) < 4.78 is 47.3. The van der Waals surface area contributed by atoms with Gasteiger partial charge in [0, 0.05) is 11.6 Å². The molecule has 0 unspecified atom stereocenters. The highest BCUT2D eigenvalue weighted by molar-refractivity contribution is 5.76. The van der Waals surface area contributed by atoms with Crippen LogP contribution in [0.15, 0.2) is 12.1 Å². The summed E-state index contributed by atoms with van der Waals surface area (Å²) >= 11 is 0. The number of rotatable bonds is 6. The lowest BCUT2D eigenvalue weighted by molar-refractivity contribution is -0.386. The molecule has 0 saturated heterocycles. The number of alkyl halides is 3. The van der Waals surface area contributed by atoms with Crippen molar-refractivity contribution in [1.29, 1.82) is 0 Å². The van der Waals surface area contributed by atoms with Crippen LogP contribution in [0.1, 0.15) is 38.2 Å². The van der Waals surface area contributed by atoms with Crippen molar-refractivity contribution in [3.63, 3.8) is 0 Å². The van der Waals surface area contributed by atoms with Crippen LogP contribution in [-0.4, -0.2) is 23.7 Å². The third kappa shape index (κ3) is 4.83. The lowest BCUT2D eigenvalue weighted by atomic mass is 10.1. The van der Waals surface area contributed by atoms with Crippen LogP contribution in [0.25, 0.3) is 0 Å². The zero-order valence-corrected chi connectivity index (χ0v) is 13.6. The van der Waals surface area contributed by atoms with Gasteiger partial charge >= 0.3 is 17.8 Å². The third-order valence-corrected chi connectivity index (χ3v) is 4.03.